The van der Waals surface area contributed by atoms with Crippen molar-refractivity contribution >= 4 is 45.1 Å². The molecule has 0 aliphatic carbocycles. The molecule has 0 spiro atoms. The summed E-state index contributed by atoms with van der Waals surface area (Å²) in [5.74, 6) is 0. The molecule has 2 aromatic heterocycles. The lowest BCUT2D eigenvalue weighted by Crippen LogP contribution is -1.86. The Hall–Kier alpha value is -0.740. The minimum atomic E-state index is 0. The van der Waals surface area contributed by atoms with E-state index in [1.807, 2.05) is 6.20 Å². The summed E-state index contributed by atoms with van der Waals surface area (Å²) in [6.45, 7) is 0. The maximum atomic E-state index is 5.68. The molecule has 0 aliphatic heterocycles. The van der Waals surface area contributed by atoms with Crippen molar-refractivity contribution in [3.05, 3.63) is 22.9 Å². The number of hydrogen-bond acceptors (Lipinski definition) is 2. The van der Waals surface area contributed by atoms with Crippen molar-refractivity contribution in [1.29, 1.82) is 0 Å². The van der Waals surface area contributed by atoms with Gasteiger partial charge in [0, 0.05) is 12.4 Å². The standard InChI is InChI=1S/C7H6BrN3.ClH/c8-4-3-11-7-5(9)1-2-10-6(4)7;/h1-3,11H,(H2,9,10);1H. The quantitative estimate of drug-likeness (QED) is 0.752. The minimum Gasteiger partial charge on any atom is -0.397 e. The Bertz CT molecular complexity index is 398. The van der Waals surface area contributed by atoms with Crippen molar-refractivity contribution in [2.24, 2.45) is 0 Å². The molecule has 2 aromatic rings. The number of aromatic amines is 1. The highest BCUT2D eigenvalue weighted by Crippen LogP contribution is 2.24. The fourth-order valence-corrected chi connectivity index (χ4v) is 1.43. The van der Waals surface area contributed by atoms with Gasteiger partial charge in [0.15, 0.2) is 0 Å². The summed E-state index contributed by atoms with van der Waals surface area (Å²) in [6.07, 6.45) is 3.52. The Morgan fingerprint density at radius 2 is 2.25 bits per heavy atom. The van der Waals surface area contributed by atoms with Crippen LogP contribution < -0.4 is 5.73 Å². The maximum Gasteiger partial charge on any atom is 0.104 e. The molecule has 3 nitrogen and oxygen atoms in total. The lowest BCUT2D eigenvalue weighted by molar-refractivity contribution is 1.41. The third-order valence-electron chi connectivity index (χ3n) is 1.55. The average molecular weight is 249 g/mol. The lowest BCUT2D eigenvalue weighted by Gasteiger charge is -1.92. The molecule has 0 aliphatic rings. The summed E-state index contributed by atoms with van der Waals surface area (Å²) in [6, 6.07) is 1.77. The van der Waals surface area contributed by atoms with Crippen molar-refractivity contribution in [3.63, 3.8) is 0 Å². The molecule has 64 valence electrons. The summed E-state index contributed by atoms with van der Waals surface area (Å²) in [7, 11) is 0. The second-order valence-corrected chi connectivity index (χ2v) is 3.11. The van der Waals surface area contributed by atoms with Crippen molar-refractivity contribution in [3.8, 4) is 0 Å². The molecular formula is C7H7BrClN3. The van der Waals surface area contributed by atoms with E-state index in [0.29, 0.717) is 0 Å². The molecule has 3 N–H and O–H groups in total. The van der Waals surface area contributed by atoms with Gasteiger partial charge in [0.25, 0.3) is 0 Å². The van der Waals surface area contributed by atoms with Crippen LogP contribution in [0.25, 0.3) is 11.0 Å². The van der Waals surface area contributed by atoms with E-state index in [4.69, 9.17) is 5.73 Å². The predicted molar refractivity (Wildman–Crippen MR) is 55.5 cm³/mol. The molecule has 0 saturated carbocycles. The van der Waals surface area contributed by atoms with Gasteiger partial charge in [-0.1, -0.05) is 0 Å². The summed E-state index contributed by atoms with van der Waals surface area (Å²) >= 11 is 3.35. The van der Waals surface area contributed by atoms with Crippen LogP contribution in [0.3, 0.4) is 0 Å². The van der Waals surface area contributed by atoms with Gasteiger partial charge in [-0.3, -0.25) is 4.98 Å². The van der Waals surface area contributed by atoms with Gasteiger partial charge in [-0.25, -0.2) is 0 Å². The SMILES string of the molecule is Cl.Nc1ccnc2c(Br)c[nH]c12. The van der Waals surface area contributed by atoms with Crippen LogP contribution in [0, 0.1) is 0 Å². The summed E-state index contributed by atoms with van der Waals surface area (Å²) in [4.78, 5) is 7.17. The first-order valence-electron chi connectivity index (χ1n) is 3.16. The van der Waals surface area contributed by atoms with E-state index in [9.17, 15) is 0 Å². The monoisotopic (exact) mass is 247 g/mol. The number of nitrogen functional groups attached to an aromatic ring is 1. The van der Waals surface area contributed by atoms with Crippen LogP contribution in [0.2, 0.25) is 0 Å². The number of H-pyrrole nitrogens is 1. The van der Waals surface area contributed by atoms with Gasteiger partial charge in [0.05, 0.1) is 15.7 Å². The number of anilines is 1. The zero-order valence-electron chi connectivity index (χ0n) is 6.04. The first kappa shape index (κ1) is 9.35. The van der Waals surface area contributed by atoms with E-state index in [1.54, 1.807) is 12.3 Å². The largest absolute Gasteiger partial charge is 0.397 e. The van der Waals surface area contributed by atoms with Crippen LogP contribution in [0.15, 0.2) is 22.9 Å². The molecule has 0 amide bonds. The predicted octanol–water partition coefficient (Wildman–Crippen LogP) is 2.33. The van der Waals surface area contributed by atoms with E-state index in [0.717, 1.165) is 21.2 Å². The molecule has 0 atom stereocenters. The highest BCUT2D eigenvalue weighted by molar-refractivity contribution is 9.10. The van der Waals surface area contributed by atoms with E-state index >= 15 is 0 Å². The zero-order chi connectivity index (χ0) is 7.84. The Morgan fingerprint density at radius 1 is 1.50 bits per heavy atom. The Kier molecular flexibility index (Phi) is 2.59. The molecule has 0 aromatic carbocycles. The van der Waals surface area contributed by atoms with Crippen LogP contribution in [-0.4, -0.2) is 9.97 Å². The molecule has 0 unspecified atom stereocenters. The summed E-state index contributed by atoms with van der Waals surface area (Å²) in [5.41, 5.74) is 8.17. The second kappa shape index (κ2) is 3.33. The van der Waals surface area contributed by atoms with Gasteiger partial charge < -0.3 is 10.7 Å². The van der Waals surface area contributed by atoms with Crippen LogP contribution in [-0.2, 0) is 0 Å². The molecule has 2 heterocycles. The van der Waals surface area contributed by atoms with Crippen LogP contribution in [0.1, 0.15) is 0 Å². The molecule has 0 fully saturated rings. The number of hydrogen-bond donors (Lipinski definition) is 2. The molecular weight excluding hydrogens is 241 g/mol. The number of halogens is 2. The van der Waals surface area contributed by atoms with Gasteiger partial charge in [-0.05, 0) is 22.0 Å². The van der Waals surface area contributed by atoms with E-state index in [-0.39, 0.29) is 12.4 Å². The minimum absolute atomic E-state index is 0. The molecule has 5 heteroatoms. The Labute approximate surface area is 83.9 Å². The number of nitrogens with two attached hydrogens (primary N) is 1. The first-order valence-corrected chi connectivity index (χ1v) is 3.95. The number of fused-ring (bicyclic) bond motifs is 1. The molecule has 0 radical (unpaired) electrons. The van der Waals surface area contributed by atoms with E-state index in [2.05, 4.69) is 25.9 Å². The molecule has 0 saturated heterocycles. The topological polar surface area (TPSA) is 54.7 Å². The third kappa shape index (κ3) is 1.28. The van der Waals surface area contributed by atoms with Gasteiger partial charge in [0.1, 0.15) is 5.52 Å². The van der Waals surface area contributed by atoms with Crippen molar-refractivity contribution in [2.45, 2.75) is 0 Å². The third-order valence-corrected chi connectivity index (χ3v) is 2.16. The maximum absolute atomic E-state index is 5.68. The number of rotatable bonds is 0. The summed E-state index contributed by atoms with van der Waals surface area (Å²) < 4.78 is 0.944. The lowest BCUT2D eigenvalue weighted by atomic mass is 10.3. The van der Waals surface area contributed by atoms with Crippen molar-refractivity contribution in [2.75, 3.05) is 5.73 Å². The normalized spacial score (nSPS) is 9.75. The fourth-order valence-electron chi connectivity index (χ4n) is 1.01. The molecule has 2 rings (SSSR count). The highest BCUT2D eigenvalue weighted by atomic mass is 79.9. The van der Waals surface area contributed by atoms with E-state index < -0.39 is 0 Å². The van der Waals surface area contributed by atoms with Gasteiger partial charge >= 0.3 is 0 Å². The van der Waals surface area contributed by atoms with Crippen molar-refractivity contribution < 1.29 is 0 Å². The van der Waals surface area contributed by atoms with Gasteiger partial charge in [-0.2, -0.15) is 0 Å². The van der Waals surface area contributed by atoms with Gasteiger partial charge in [0.2, 0.25) is 0 Å². The Morgan fingerprint density at radius 3 is 2.92 bits per heavy atom. The van der Waals surface area contributed by atoms with Crippen LogP contribution in [0.5, 0.6) is 0 Å². The van der Waals surface area contributed by atoms with Gasteiger partial charge in [-0.15, -0.1) is 12.4 Å². The number of nitrogens with zero attached hydrogens (tertiary/aromatic N) is 1. The average Bonchev–Trinajstić information content (AvgIpc) is 2.35. The summed E-state index contributed by atoms with van der Waals surface area (Å²) in [5, 5.41) is 0. The second-order valence-electron chi connectivity index (χ2n) is 2.26. The molecule has 0 bridgehead atoms. The smallest absolute Gasteiger partial charge is 0.104 e. The zero-order valence-corrected chi connectivity index (χ0v) is 8.45. The number of nitrogens with one attached hydrogen (secondary N) is 1. The highest BCUT2D eigenvalue weighted by Gasteiger charge is 2.02. The number of aromatic nitrogens is 2. The van der Waals surface area contributed by atoms with Crippen LogP contribution >= 0.6 is 28.3 Å². The molecule has 12 heavy (non-hydrogen) atoms. The Balaban J connectivity index is 0.000000720. The van der Waals surface area contributed by atoms with Crippen molar-refractivity contribution in [1.82, 2.24) is 9.97 Å². The fraction of sp³-hybridized carbons (Fsp3) is 0. The van der Waals surface area contributed by atoms with Crippen LogP contribution in [0.4, 0.5) is 5.69 Å². The van der Waals surface area contributed by atoms with E-state index in [1.165, 1.54) is 0 Å². The number of pyridine rings is 1. The first-order chi connectivity index (χ1) is 5.29.